The number of alkyl halides is 2. The van der Waals surface area contributed by atoms with E-state index >= 15 is 0 Å². The zero-order chi connectivity index (χ0) is 23.3. The van der Waals surface area contributed by atoms with Crippen molar-refractivity contribution in [3.05, 3.63) is 29.1 Å². The lowest BCUT2D eigenvalue weighted by Gasteiger charge is -2.63. The molecule has 2 spiro atoms. The molecule has 2 amide bonds. The third kappa shape index (κ3) is 3.19. The van der Waals surface area contributed by atoms with Crippen LogP contribution in [-0.2, 0) is 12.0 Å². The molecule has 0 unspecified atom stereocenters. The van der Waals surface area contributed by atoms with Crippen molar-refractivity contribution in [1.29, 1.82) is 0 Å². The molecule has 2 aromatic heterocycles. The van der Waals surface area contributed by atoms with Crippen LogP contribution in [0.5, 0.6) is 0 Å². The van der Waals surface area contributed by atoms with Crippen molar-refractivity contribution in [1.82, 2.24) is 35.2 Å². The van der Waals surface area contributed by atoms with Crippen molar-refractivity contribution in [2.24, 2.45) is 16.7 Å². The van der Waals surface area contributed by atoms with E-state index in [1.807, 2.05) is 9.80 Å². The monoisotopic (exact) mass is 473 g/mol. The first-order chi connectivity index (χ1) is 16.2. The number of aromatic nitrogens is 5. The third-order valence-corrected chi connectivity index (χ3v) is 8.86. The highest BCUT2D eigenvalue weighted by atomic mass is 19.3. The zero-order valence-electron chi connectivity index (χ0n) is 18.9. The number of aromatic amines is 2. The maximum atomic E-state index is 12.9. The van der Waals surface area contributed by atoms with E-state index in [2.05, 4.69) is 25.4 Å². The fraction of sp³-hybridized carbons (Fsp3) is 0.739. The lowest BCUT2D eigenvalue weighted by molar-refractivity contribution is -0.100. The zero-order valence-corrected chi connectivity index (χ0v) is 18.9. The van der Waals surface area contributed by atoms with Gasteiger partial charge in [0, 0.05) is 48.6 Å². The molecule has 0 atom stereocenters. The van der Waals surface area contributed by atoms with Gasteiger partial charge in [0.1, 0.15) is 17.1 Å². The van der Waals surface area contributed by atoms with Crippen LogP contribution < -0.4 is 0 Å². The molecule has 0 bridgehead atoms. The van der Waals surface area contributed by atoms with Crippen molar-refractivity contribution in [2.75, 3.05) is 26.2 Å². The number of carbonyl (C=O) groups is 1. The molecule has 182 valence electrons. The largest absolute Gasteiger partial charge is 0.382 e. The van der Waals surface area contributed by atoms with Crippen LogP contribution in [0.25, 0.3) is 0 Å². The fourth-order valence-electron chi connectivity index (χ4n) is 6.92. The Hall–Kier alpha value is -2.56. The van der Waals surface area contributed by atoms with E-state index in [1.54, 1.807) is 0 Å². The summed E-state index contributed by atoms with van der Waals surface area (Å²) >= 11 is 0. The molecule has 2 aromatic rings. The smallest absolute Gasteiger partial charge is 0.320 e. The van der Waals surface area contributed by atoms with Gasteiger partial charge in [0.05, 0.1) is 0 Å². The van der Waals surface area contributed by atoms with Gasteiger partial charge in [0.25, 0.3) is 6.43 Å². The number of likely N-dealkylation sites (tertiary alicyclic amines) is 2. The molecular weight excluding hydrogens is 444 g/mol. The molecular formula is C23H29F2N7O2. The second-order valence-corrected chi connectivity index (χ2v) is 11.8. The number of H-pyrrole nitrogens is 2. The number of amides is 2. The normalized spacial score (nSPS) is 26.4. The molecule has 4 heterocycles. The van der Waals surface area contributed by atoms with Crippen LogP contribution in [-0.4, -0.2) is 72.5 Å². The molecule has 34 heavy (non-hydrogen) atoms. The van der Waals surface area contributed by atoms with Crippen LogP contribution in [0.2, 0.25) is 0 Å². The summed E-state index contributed by atoms with van der Waals surface area (Å²) in [5.41, 5.74) is 0.233. The van der Waals surface area contributed by atoms with Gasteiger partial charge in [-0.3, -0.25) is 10.2 Å². The predicted octanol–water partition coefficient (Wildman–Crippen LogP) is 2.70. The highest BCUT2D eigenvalue weighted by Gasteiger charge is 2.59. The molecule has 0 aromatic carbocycles. The van der Waals surface area contributed by atoms with Gasteiger partial charge in [0.2, 0.25) is 0 Å². The molecule has 2 saturated heterocycles. The molecule has 11 heteroatoms. The quantitative estimate of drug-likeness (QED) is 0.618. The van der Waals surface area contributed by atoms with Crippen molar-refractivity contribution in [3.8, 4) is 0 Å². The third-order valence-electron chi connectivity index (χ3n) is 8.86. The van der Waals surface area contributed by atoms with Gasteiger partial charge in [-0.25, -0.2) is 18.6 Å². The molecule has 3 N–H and O–H groups in total. The first-order valence-electron chi connectivity index (χ1n) is 12.3. The maximum Gasteiger partial charge on any atom is 0.320 e. The number of hydrogen-bond acceptors (Lipinski definition) is 5. The Kier molecular flexibility index (Phi) is 4.14. The Morgan fingerprint density at radius 1 is 1.06 bits per heavy atom. The minimum atomic E-state index is -2.54. The number of rotatable bonds is 5. The summed E-state index contributed by atoms with van der Waals surface area (Å²) in [7, 11) is 0. The molecule has 3 aliphatic carbocycles. The van der Waals surface area contributed by atoms with Crippen molar-refractivity contribution in [2.45, 2.75) is 62.9 Å². The summed E-state index contributed by atoms with van der Waals surface area (Å²) in [4.78, 5) is 21.3. The number of urea groups is 1. The molecule has 7 rings (SSSR count). The molecule has 2 aliphatic heterocycles. The van der Waals surface area contributed by atoms with Gasteiger partial charge in [-0.1, -0.05) is 0 Å². The van der Waals surface area contributed by atoms with E-state index in [-0.39, 0.29) is 22.6 Å². The van der Waals surface area contributed by atoms with Crippen molar-refractivity contribution >= 4 is 6.03 Å². The van der Waals surface area contributed by atoms with E-state index in [1.165, 1.54) is 6.07 Å². The first-order valence-corrected chi connectivity index (χ1v) is 12.3. The predicted molar refractivity (Wildman–Crippen MR) is 115 cm³/mol. The van der Waals surface area contributed by atoms with Gasteiger partial charge in [0.15, 0.2) is 5.82 Å². The first kappa shape index (κ1) is 20.8. The van der Waals surface area contributed by atoms with E-state index in [9.17, 15) is 18.7 Å². The number of carbonyl (C=O) groups excluding carboxylic acids is 1. The minimum absolute atomic E-state index is 0.149. The van der Waals surface area contributed by atoms with Gasteiger partial charge in [-0.2, -0.15) is 10.2 Å². The Morgan fingerprint density at radius 2 is 1.71 bits per heavy atom. The lowest BCUT2D eigenvalue weighted by Crippen LogP contribution is -2.70. The van der Waals surface area contributed by atoms with Gasteiger partial charge in [-0.05, 0) is 56.9 Å². The van der Waals surface area contributed by atoms with Crippen LogP contribution >= 0.6 is 0 Å². The summed E-state index contributed by atoms with van der Waals surface area (Å²) < 4.78 is 25.4. The van der Waals surface area contributed by atoms with Crippen LogP contribution in [0, 0.1) is 16.7 Å². The van der Waals surface area contributed by atoms with Crippen LogP contribution in [0.3, 0.4) is 0 Å². The second kappa shape index (κ2) is 6.77. The minimum Gasteiger partial charge on any atom is -0.382 e. The number of nitrogens with one attached hydrogen (secondary N) is 2. The molecule has 5 fully saturated rings. The van der Waals surface area contributed by atoms with Gasteiger partial charge < -0.3 is 14.9 Å². The Labute approximate surface area is 195 Å². The van der Waals surface area contributed by atoms with Gasteiger partial charge >= 0.3 is 6.03 Å². The molecule has 9 nitrogen and oxygen atoms in total. The standard InChI is InChI=1S/C23H29F2N7O2/c24-17(25)16-4-15(27-28-16)3-13-5-21(6-13)9-31(10-21)20(33)32-11-22(12-32)7-14(8-22)18-26-19(30-29-18)23(34)1-2-23/h4,13-14,17,34H,1-3,5-12H2,(H,27,28)(H,26,29,30). The van der Waals surface area contributed by atoms with E-state index in [4.69, 9.17) is 0 Å². The lowest BCUT2D eigenvalue weighted by atomic mass is 9.56. The van der Waals surface area contributed by atoms with Crippen molar-refractivity contribution in [3.63, 3.8) is 0 Å². The Morgan fingerprint density at radius 3 is 2.29 bits per heavy atom. The second-order valence-electron chi connectivity index (χ2n) is 11.8. The summed E-state index contributed by atoms with van der Waals surface area (Å²) in [5.74, 6) is 2.21. The highest BCUT2D eigenvalue weighted by molar-refractivity contribution is 5.77. The van der Waals surface area contributed by atoms with Crippen LogP contribution in [0.4, 0.5) is 13.6 Å². The van der Waals surface area contributed by atoms with E-state index in [0.29, 0.717) is 17.7 Å². The van der Waals surface area contributed by atoms with Crippen LogP contribution in [0.15, 0.2) is 6.07 Å². The molecule has 3 saturated carbocycles. The number of halogens is 2. The van der Waals surface area contributed by atoms with Crippen molar-refractivity contribution < 1.29 is 18.7 Å². The SMILES string of the molecule is O=C(N1CC2(CC(Cc3cc(C(F)F)n[nH]3)C2)C1)N1CC2(CC(c3nc(C4(O)CC4)n[nH]3)C2)C1. The average molecular weight is 474 g/mol. The molecule has 5 aliphatic rings. The van der Waals surface area contributed by atoms with E-state index in [0.717, 1.165) is 82.6 Å². The average Bonchev–Trinajstić information content (AvgIpc) is 3.10. The van der Waals surface area contributed by atoms with Gasteiger partial charge in [-0.15, -0.1) is 0 Å². The van der Waals surface area contributed by atoms with Crippen LogP contribution in [0.1, 0.15) is 73.9 Å². The summed E-state index contributed by atoms with van der Waals surface area (Å²) in [6.45, 7) is 3.24. The molecule has 0 radical (unpaired) electrons. The maximum absolute atomic E-state index is 12.9. The van der Waals surface area contributed by atoms with E-state index < -0.39 is 12.0 Å². The number of hydrogen-bond donors (Lipinski definition) is 3. The summed E-state index contributed by atoms with van der Waals surface area (Å²) in [5, 5.41) is 23.8. The summed E-state index contributed by atoms with van der Waals surface area (Å²) in [6.07, 6.45) is 3.79. The Bertz CT molecular complexity index is 1110. The highest BCUT2D eigenvalue weighted by Crippen LogP contribution is 2.57. The number of aliphatic hydroxyl groups is 1. The summed E-state index contributed by atoms with van der Waals surface area (Å²) in [6, 6.07) is 1.62. The number of nitrogens with zero attached hydrogens (tertiary/aromatic N) is 5. The Balaban J connectivity index is 0.847. The fourth-order valence-corrected chi connectivity index (χ4v) is 6.92. The topological polar surface area (TPSA) is 114 Å².